The number of rotatable bonds is 5. The third kappa shape index (κ3) is 2.80. The molecular formula is C12H16N4O. The fraction of sp³-hybridized carbons (Fsp3) is 0.417. The second-order valence-electron chi connectivity index (χ2n) is 3.68. The van der Waals surface area contributed by atoms with E-state index < -0.39 is 0 Å². The highest BCUT2D eigenvalue weighted by atomic mass is 16.3. The molecule has 0 radical (unpaired) electrons. The van der Waals surface area contributed by atoms with Gasteiger partial charge in [0, 0.05) is 13.1 Å². The Bertz CT molecular complexity index is 451. The molecule has 1 heterocycles. The molecule has 90 valence electrons. The predicted molar refractivity (Wildman–Crippen MR) is 65.7 cm³/mol. The summed E-state index contributed by atoms with van der Waals surface area (Å²) < 4.78 is 0. The Morgan fingerprint density at radius 2 is 2.18 bits per heavy atom. The van der Waals surface area contributed by atoms with E-state index in [0.29, 0.717) is 24.5 Å². The van der Waals surface area contributed by atoms with E-state index in [-0.39, 0.29) is 6.61 Å². The van der Waals surface area contributed by atoms with Crippen LogP contribution in [-0.2, 0) is 0 Å². The zero-order valence-electron chi connectivity index (χ0n) is 10.1. The predicted octanol–water partition coefficient (Wildman–Crippen LogP) is 0.950. The van der Waals surface area contributed by atoms with E-state index in [1.807, 2.05) is 13.8 Å². The Morgan fingerprint density at radius 3 is 2.71 bits per heavy atom. The van der Waals surface area contributed by atoms with Crippen molar-refractivity contribution in [3.63, 3.8) is 0 Å². The standard InChI is InChI=1S/C12H16N4O/c1-4-5-16(6-7-17)12-11(8-13)9(2)10(3)14-15-12/h4,17H,1,5-7H2,2-3H3. The monoisotopic (exact) mass is 232 g/mol. The van der Waals surface area contributed by atoms with Crippen LogP contribution in [0.5, 0.6) is 0 Å². The molecule has 1 aromatic heterocycles. The van der Waals surface area contributed by atoms with Crippen LogP contribution in [0.4, 0.5) is 5.82 Å². The minimum atomic E-state index is -0.00663. The van der Waals surface area contributed by atoms with Crippen LogP contribution in [0.2, 0.25) is 0 Å². The molecule has 0 amide bonds. The lowest BCUT2D eigenvalue weighted by Gasteiger charge is -2.22. The summed E-state index contributed by atoms with van der Waals surface area (Å²) in [7, 11) is 0. The first-order valence-corrected chi connectivity index (χ1v) is 5.36. The lowest BCUT2D eigenvalue weighted by Crippen LogP contribution is -2.29. The minimum Gasteiger partial charge on any atom is -0.395 e. The van der Waals surface area contributed by atoms with Crippen molar-refractivity contribution in [2.45, 2.75) is 13.8 Å². The normalized spacial score (nSPS) is 9.76. The molecule has 1 rings (SSSR count). The summed E-state index contributed by atoms with van der Waals surface area (Å²) in [4.78, 5) is 1.78. The smallest absolute Gasteiger partial charge is 0.169 e. The van der Waals surface area contributed by atoms with Gasteiger partial charge in [-0.2, -0.15) is 10.4 Å². The van der Waals surface area contributed by atoms with E-state index in [1.54, 1.807) is 11.0 Å². The first kappa shape index (κ1) is 13.1. The molecule has 0 saturated carbocycles. The third-order valence-corrected chi connectivity index (χ3v) is 2.57. The summed E-state index contributed by atoms with van der Waals surface area (Å²) in [6, 6.07) is 2.14. The number of nitriles is 1. The Hall–Kier alpha value is -1.93. The van der Waals surface area contributed by atoms with Crippen LogP contribution in [0.3, 0.4) is 0 Å². The van der Waals surface area contributed by atoms with Crippen LogP contribution in [0.15, 0.2) is 12.7 Å². The molecule has 1 N–H and O–H groups in total. The maximum absolute atomic E-state index is 9.18. The van der Waals surface area contributed by atoms with E-state index in [4.69, 9.17) is 5.11 Å². The van der Waals surface area contributed by atoms with E-state index in [9.17, 15) is 5.26 Å². The third-order valence-electron chi connectivity index (χ3n) is 2.57. The lowest BCUT2D eigenvalue weighted by atomic mass is 10.1. The van der Waals surface area contributed by atoms with Gasteiger partial charge in [-0.25, -0.2) is 0 Å². The van der Waals surface area contributed by atoms with Crippen molar-refractivity contribution in [3.05, 3.63) is 29.5 Å². The lowest BCUT2D eigenvalue weighted by molar-refractivity contribution is 0.302. The number of aryl methyl sites for hydroxylation is 1. The van der Waals surface area contributed by atoms with Gasteiger partial charge in [-0.15, -0.1) is 11.7 Å². The van der Waals surface area contributed by atoms with Gasteiger partial charge in [0.05, 0.1) is 12.3 Å². The molecule has 17 heavy (non-hydrogen) atoms. The van der Waals surface area contributed by atoms with Gasteiger partial charge in [0.15, 0.2) is 5.82 Å². The first-order chi connectivity index (χ1) is 8.15. The molecule has 0 fully saturated rings. The number of nitrogens with zero attached hydrogens (tertiary/aromatic N) is 4. The summed E-state index contributed by atoms with van der Waals surface area (Å²) in [5, 5.41) is 26.2. The zero-order valence-corrected chi connectivity index (χ0v) is 10.1. The van der Waals surface area contributed by atoms with Crippen molar-refractivity contribution in [2.24, 2.45) is 0 Å². The van der Waals surface area contributed by atoms with Crippen LogP contribution >= 0.6 is 0 Å². The van der Waals surface area contributed by atoms with E-state index in [1.165, 1.54) is 0 Å². The molecule has 0 bridgehead atoms. The molecular weight excluding hydrogens is 216 g/mol. The van der Waals surface area contributed by atoms with Gasteiger partial charge in [-0.05, 0) is 19.4 Å². The molecule has 0 aliphatic heterocycles. The molecule has 0 unspecified atom stereocenters. The molecule has 0 aliphatic rings. The van der Waals surface area contributed by atoms with Gasteiger partial charge in [0.1, 0.15) is 11.6 Å². The Balaban J connectivity index is 3.23. The van der Waals surface area contributed by atoms with Gasteiger partial charge in [-0.3, -0.25) is 0 Å². The van der Waals surface area contributed by atoms with Gasteiger partial charge < -0.3 is 10.0 Å². The van der Waals surface area contributed by atoms with Crippen molar-refractivity contribution in [3.8, 4) is 6.07 Å². The van der Waals surface area contributed by atoms with Crippen molar-refractivity contribution in [2.75, 3.05) is 24.6 Å². The zero-order chi connectivity index (χ0) is 12.8. The Morgan fingerprint density at radius 1 is 1.47 bits per heavy atom. The number of anilines is 1. The molecule has 0 atom stereocenters. The van der Waals surface area contributed by atoms with E-state index in [0.717, 1.165) is 11.3 Å². The summed E-state index contributed by atoms with van der Waals surface area (Å²) in [6.07, 6.45) is 1.70. The van der Waals surface area contributed by atoms with E-state index in [2.05, 4.69) is 22.8 Å². The number of hydrogen-bond donors (Lipinski definition) is 1. The summed E-state index contributed by atoms with van der Waals surface area (Å²) >= 11 is 0. The average Bonchev–Trinajstić information content (AvgIpc) is 2.32. The quantitative estimate of drug-likeness (QED) is 0.765. The fourth-order valence-electron chi connectivity index (χ4n) is 1.51. The van der Waals surface area contributed by atoms with Gasteiger partial charge >= 0.3 is 0 Å². The Kier molecular flexibility index (Phi) is 4.61. The number of aromatic nitrogens is 2. The maximum atomic E-state index is 9.18. The fourth-order valence-corrected chi connectivity index (χ4v) is 1.51. The highest BCUT2D eigenvalue weighted by molar-refractivity contribution is 5.57. The highest BCUT2D eigenvalue weighted by Gasteiger charge is 2.15. The molecule has 5 nitrogen and oxygen atoms in total. The second-order valence-corrected chi connectivity index (χ2v) is 3.68. The van der Waals surface area contributed by atoms with Gasteiger partial charge in [0.2, 0.25) is 0 Å². The van der Waals surface area contributed by atoms with Crippen LogP contribution < -0.4 is 4.90 Å². The van der Waals surface area contributed by atoms with Crippen molar-refractivity contribution < 1.29 is 5.11 Å². The number of hydrogen-bond acceptors (Lipinski definition) is 5. The second kappa shape index (κ2) is 5.97. The molecule has 0 spiro atoms. The summed E-state index contributed by atoms with van der Waals surface area (Å²) in [5.74, 6) is 0.504. The summed E-state index contributed by atoms with van der Waals surface area (Å²) in [6.45, 7) is 8.22. The Labute approximate surface area is 101 Å². The largest absolute Gasteiger partial charge is 0.395 e. The minimum absolute atomic E-state index is 0.00663. The average molecular weight is 232 g/mol. The molecule has 0 aliphatic carbocycles. The number of aliphatic hydroxyl groups is 1. The summed E-state index contributed by atoms with van der Waals surface area (Å²) in [5.41, 5.74) is 2.07. The number of aliphatic hydroxyl groups excluding tert-OH is 1. The van der Waals surface area contributed by atoms with Crippen LogP contribution in [0.1, 0.15) is 16.8 Å². The SMILES string of the molecule is C=CCN(CCO)c1nnc(C)c(C)c1C#N. The highest BCUT2D eigenvalue weighted by Crippen LogP contribution is 2.20. The topological polar surface area (TPSA) is 73.0 Å². The van der Waals surface area contributed by atoms with Crippen LogP contribution in [0.25, 0.3) is 0 Å². The van der Waals surface area contributed by atoms with Gasteiger partial charge in [-0.1, -0.05) is 6.08 Å². The molecule has 0 aromatic carbocycles. The molecule has 1 aromatic rings. The molecule has 0 saturated heterocycles. The van der Waals surface area contributed by atoms with Crippen molar-refractivity contribution >= 4 is 5.82 Å². The molecule has 5 heteroatoms. The van der Waals surface area contributed by atoms with E-state index >= 15 is 0 Å². The van der Waals surface area contributed by atoms with Crippen molar-refractivity contribution in [1.29, 1.82) is 5.26 Å². The van der Waals surface area contributed by atoms with Crippen LogP contribution in [-0.4, -0.2) is 35.0 Å². The first-order valence-electron chi connectivity index (χ1n) is 5.36. The van der Waals surface area contributed by atoms with Gasteiger partial charge in [0.25, 0.3) is 0 Å². The van der Waals surface area contributed by atoms with Crippen LogP contribution in [0, 0.1) is 25.2 Å². The van der Waals surface area contributed by atoms with Crippen molar-refractivity contribution in [1.82, 2.24) is 10.2 Å². The maximum Gasteiger partial charge on any atom is 0.169 e.